The van der Waals surface area contributed by atoms with Crippen molar-refractivity contribution in [1.82, 2.24) is 0 Å². The summed E-state index contributed by atoms with van der Waals surface area (Å²) >= 11 is 1.87. The Morgan fingerprint density at radius 2 is 1.14 bits per heavy atom. The third kappa shape index (κ3) is 6.87. The van der Waals surface area contributed by atoms with Crippen molar-refractivity contribution in [3.63, 3.8) is 0 Å². The van der Waals surface area contributed by atoms with E-state index in [1.165, 1.54) is 109 Å². The largest absolute Gasteiger partial charge is 0.134 e. The van der Waals surface area contributed by atoms with Gasteiger partial charge in [0, 0.05) is 32.2 Å². The zero-order valence-corrected chi connectivity index (χ0v) is 36.8. The van der Waals surface area contributed by atoms with E-state index in [0.29, 0.717) is 17.8 Å². The van der Waals surface area contributed by atoms with Gasteiger partial charge in [0.25, 0.3) is 0 Å². The van der Waals surface area contributed by atoms with Gasteiger partial charge < -0.3 is 0 Å². The maximum absolute atomic E-state index is 3.27. The van der Waals surface area contributed by atoms with Crippen LogP contribution in [0.25, 0.3) is 75.8 Å². The summed E-state index contributed by atoms with van der Waals surface area (Å²) in [6, 6.07) is 78.9. The normalized spacial score (nSPS) is 14.8. The minimum Gasteiger partial charge on any atom is -0.134 e. The Labute approximate surface area is 376 Å². The van der Waals surface area contributed by atoms with Gasteiger partial charge in [-0.25, -0.2) is 0 Å². The average Bonchev–Trinajstić information content (AvgIpc) is 3.72. The molecular formula is C62H48S. The Bertz CT molecular complexity index is 3260. The van der Waals surface area contributed by atoms with Crippen LogP contribution in [0.5, 0.6) is 0 Å². The topological polar surface area (TPSA) is 0 Å². The van der Waals surface area contributed by atoms with Crippen LogP contribution in [0.2, 0.25) is 0 Å². The fourth-order valence-corrected chi connectivity index (χ4v) is 11.8. The van der Waals surface area contributed by atoms with Gasteiger partial charge in [-0.15, -0.1) is 11.3 Å². The van der Waals surface area contributed by atoms with Gasteiger partial charge in [0.2, 0.25) is 0 Å². The van der Waals surface area contributed by atoms with E-state index in [1.807, 2.05) is 11.3 Å². The van der Waals surface area contributed by atoms with Crippen LogP contribution in [-0.4, -0.2) is 0 Å². The molecule has 63 heavy (non-hydrogen) atoms. The molecule has 0 nitrogen and oxygen atoms in total. The van der Waals surface area contributed by atoms with Gasteiger partial charge in [0.15, 0.2) is 0 Å². The lowest BCUT2D eigenvalue weighted by atomic mass is 9.68. The number of rotatable bonds is 9. The Balaban J connectivity index is 1.02. The summed E-state index contributed by atoms with van der Waals surface area (Å²) in [5, 5.41) is 2.57. The van der Waals surface area contributed by atoms with Crippen molar-refractivity contribution in [3.05, 3.63) is 240 Å². The van der Waals surface area contributed by atoms with Crippen LogP contribution in [0.3, 0.4) is 0 Å². The minimum absolute atomic E-state index is 0.297. The molecule has 0 bridgehead atoms. The molecule has 0 saturated heterocycles. The molecule has 0 N–H and O–H groups in total. The summed E-state index contributed by atoms with van der Waals surface area (Å²) in [5.41, 5.74) is 21.3. The first-order chi connectivity index (χ1) is 31.1. The van der Waals surface area contributed by atoms with E-state index >= 15 is 0 Å². The molecule has 3 atom stereocenters. The number of benzene rings is 8. The van der Waals surface area contributed by atoms with E-state index < -0.39 is 0 Å². The maximum atomic E-state index is 3.27. The van der Waals surface area contributed by atoms with E-state index in [1.54, 1.807) is 0 Å². The zero-order chi connectivity index (χ0) is 42.4. The van der Waals surface area contributed by atoms with Crippen LogP contribution >= 0.6 is 11.3 Å². The highest BCUT2D eigenvalue weighted by atomic mass is 32.1. The van der Waals surface area contributed by atoms with Gasteiger partial charge in [-0.1, -0.05) is 196 Å². The molecular weight excluding hydrogens is 777 g/mol. The number of hydrogen-bond donors (Lipinski definition) is 0. The third-order valence-corrected chi connectivity index (χ3v) is 15.0. The van der Waals surface area contributed by atoms with Gasteiger partial charge in [0.05, 0.1) is 0 Å². The molecule has 0 fully saturated rings. The molecule has 9 aromatic carbocycles. The van der Waals surface area contributed by atoms with Crippen LogP contribution in [0.1, 0.15) is 71.4 Å². The van der Waals surface area contributed by atoms with Gasteiger partial charge in [-0.05, 0) is 139 Å². The fourth-order valence-electron chi connectivity index (χ4n) is 10.7. The number of hydrogen-bond acceptors (Lipinski definition) is 1. The number of aryl methyl sites for hydroxylation is 1. The predicted molar refractivity (Wildman–Crippen MR) is 269 cm³/mol. The van der Waals surface area contributed by atoms with Crippen molar-refractivity contribution in [1.29, 1.82) is 0 Å². The standard InChI is InChI=1S/C62H48S/c1-4-42(48-38-56(62-57(39-48)51-26-15-16-32-58(51)63-62)45-35-33-44(34-36-45)43-20-7-5-8-21-43)37-47-24-11-12-25-50(47)59-40(2)19-17-30-52(59)55-31-18-29-49-41(3)60(46-22-9-6-10-23-46)53-27-13-14-28-54(53)61(49)55/h5-14,17-36,38-39,41-42,60H,4,37H2,1-3H3. The molecule has 0 radical (unpaired) electrons. The smallest absolute Gasteiger partial charge is 0.0445 e. The molecule has 1 aliphatic carbocycles. The highest BCUT2D eigenvalue weighted by Crippen LogP contribution is 2.54. The molecule has 11 rings (SSSR count). The SMILES string of the molecule is CCC(Cc1ccccc1-c1c(C)cccc1-c1cccc2c1-c1ccccc1C(c1ccccc1)C2C)c1cc(-c2ccc(-c3ccccc3)cc2)c2sc3cc#ccc3c2c1. The molecule has 0 spiro atoms. The second kappa shape index (κ2) is 16.4. The summed E-state index contributed by atoms with van der Waals surface area (Å²) in [6.07, 6.45) is 1.96. The molecule has 10 aromatic rings. The second-order valence-corrected chi connectivity index (χ2v) is 18.4. The van der Waals surface area contributed by atoms with E-state index in [0.717, 1.165) is 12.8 Å². The van der Waals surface area contributed by atoms with E-state index in [4.69, 9.17) is 0 Å². The summed E-state index contributed by atoms with van der Waals surface area (Å²) in [4.78, 5) is 0. The van der Waals surface area contributed by atoms with Crippen molar-refractivity contribution in [2.24, 2.45) is 0 Å². The van der Waals surface area contributed by atoms with Crippen molar-refractivity contribution < 1.29 is 0 Å². The zero-order valence-electron chi connectivity index (χ0n) is 36.0. The summed E-state index contributed by atoms with van der Waals surface area (Å²) < 4.78 is 2.58. The highest BCUT2D eigenvalue weighted by molar-refractivity contribution is 7.26. The lowest BCUT2D eigenvalue weighted by molar-refractivity contribution is 0.650. The molecule has 1 heterocycles. The van der Waals surface area contributed by atoms with E-state index in [9.17, 15) is 0 Å². The molecule has 0 saturated carbocycles. The monoisotopic (exact) mass is 824 g/mol. The van der Waals surface area contributed by atoms with Crippen LogP contribution in [-0.2, 0) is 6.42 Å². The Kier molecular flexibility index (Phi) is 10.1. The predicted octanol–water partition coefficient (Wildman–Crippen LogP) is 17.3. The molecule has 1 heteroatoms. The van der Waals surface area contributed by atoms with Crippen LogP contribution in [0.4, 0.5) is 0 Å². The van der Waals surface area contributed by atoms with Gasteiger partial charge in [-0.3, -0.25) is 0 Å². The maximum Gasteiger partial charge on any atom is 0.0445 e. The Morgan fingerprint density at radius 3 is 1.94 bits per heavy atom. The van der Waals surface area contributed by atoms with Crippen molar-refractivity contribution >= 4 is 31.5 Å². The quantitative estimate of drug-likeness (QED) is 0.136. The summed E-state index contributed by atoms with van der Waals surface area (Å²) in [6.45, 7) is 7.08. The molecule has 302 valence electrons. The van der Waals surface area contributed by atoms with Gasteiger partial charge in [-0.2, -0.15) is 0 Å². The van der Waals surface area contributed by atoms with E-state index in [-0.39, 0.29) is 0 Å². The Morgan fingerprint density at radius 1 is 0.524 bits per heavy atom. The highest BCUT2D eigenvalue weighted by Gasteiger charge is 2.34. The van der Waals surface area contributed by atoms with Crippen molar-refractivity contribution in [2.45, 2.75) is 51.4 Å². The van der Waals surface area contributed by atoms with Crippen molar-refractivity contribution in [2.75, 3.05) is 0 Å². The average molecular weight is 825 g/mol. The van der Waals surface area contributed by atoms with Gasteiger partial charge >= 0.3 is 0 Å². The number of thiophene rings is 1. The lowest BCUT2D eigenvalue weighted by Crippen LogP contribution is -2.17. The number of fused-ring (bicyclic) bond motifs is 6. The molecule has 1 aliphatic rings. The molecule has 3 unspecified atom stereocenters. The first kappa shape index (κ1) is 38.9. The molecule has 0 amide bonds. The second-order valence-electron chi connectivity index (χ2n) is 17.3. The van der Waals surface area contributed by atoms with Crippen LogP contribution < -0.4 is 0 Å². The third-order valence-electron chi connectivity index (χ3n) is 13.8. The van der Waals surface area contributed by atoms with E-state index in [2.05, 4.69) is 227 Å². The molecule has 0 aliphatic heterocycles. The van der Waals surface area contributed by atoms with Gasteiger partial charge in [0.1, 0.15) is 0 Å². The molecule has 1 aromatic heterocycles. The van der Waals surface area contributed by atoms with Crippen molar-refractivity contribution in [3.8, 4) is 55.6 Å². The summed E-state index contributed by atoms with van der Waals surface area (Å²) in [7, 11) is 0. The lowest BCUT2D eigenvalue weighted by Gasteiger charge is -2.35. The minimum atomic E-state index is 0.297. The fraction of sp³-hybridized carbons (Fsp3) is 0.129. The van der Waals surface area contributed by atoms with Crippen LogP contribution in [0.15, 0.2) is 194 Å². The first-order valence-corrected chi connectivity index (χ1v) is 23.3. The summed E-state index contributed by atoms with van der Waals surface area (Å²) in [5.74, 6) is 0.931. The van der Waals surface area contributed by atoms with Crippen LogP contribution in [0, 0.1) is 19.1 Å². The Hall–Kier alpha value is -6.98. The first-order valence-electron chi connectivity index (χ1n) is 22.4.